The lowest BCUT2D eigenvalue weighted by Crippen LogP contribution is -2.42. The van der Waals surface area contributed by atoms with E-state index in [9.17, 15) is 14.4 Å². The van der Waals surface area contributed by atoms with Gasteiger partial charge in [0.2, 0.25) is 11.8 Å². The maximum atomic E-state index is 11.9. The summed E-state index contributed by atoms with van der Waals surface area (Å²) in [5, 5.41) is 9.11. The zero-order chi connectivity index (χ0) is 14.4. The summed E-state index contributed by atoms with van der Waals surface area (Å²) in [7, 11) is 0. The predicted molar refractivity (Wildman–Crippen MR) is 67.3 cm³/mol. The number of carbonyl (C=O) groups excluding carboxylic acids is 3. The third-order valence-corrected chi connectivity index (χ3v) is 2.32. The van der Waals surface area contributed by atoms with Gasteiger partial charge in [0.1, 0.15) is 5.75 Å². The fraction of sp³-hybridized carbons (Fsp3) is 0.250. The highest BCUT2D eigenvalue weighted by atomic mass is 16.3. The Labute approximate surface area is 109 Å². The number of rotatable bonds is 7. The van der Waals surface area contributed by atoms with Gasteiger partial charge in [-0.25, -0.2) is 0 Å². The summed E-state index contributed by atoms with van der Waals surface area (Å²) in [5.41, 5.74) is 10.4. The van der Waals surface area contributed by atoms with Gasteiger partial charge < -0.3 is 16.6 Å². The molecular weight excluding hydrogens is 250 g/mol. The quantitative estimate of drug-likeness (QED) is 0.536. The van der Waals surface area contributed by atoms with Gasteiger partial charge >= 0.3 is 0 Å². The number of phenolic OH excluding ortho intramolecular Hbond substituents is 1. The van der Waals surface area contributed by atoms with Crippen LogP contribution >= 0.6 is 0 Å². The lowest BCUT2D eigenvalue weighted by Gasteiger charge is -2.17. The molecule has 0 aliphatic heterocycles. The predicted octanol–water partition coefficient (Wildman–Crippen LogP) is -1.15. The van der Waals surface area contributed by atoms with E-state index in [0.29, 0.717) is 5.56 Å². The molecule has 2 amide bonds. The van der Waals surface area contributed by atoms with Crippen LogP contribution in [0.25, 0.3) is 0 Å². The van der Waals surface area contributed by atoms with Crippen molar-refractivity contribution in [2.75, 3.05) is 19.6 Å². The van der Waals surface area contributed by atoms with Gasteiger partial charge in [0.25, 0.3) is 0 Å². The lowest BCUT2D eigenvalue weighted by atomic mass is 10.1. The van der Waals surface area contributed by atoms with Gasteiger partial charge in [0.05, 0.1) is 19.6 Å². The van der Waals surface area contributed by atoms with Gasteiger partial charge in [-0.15, -0.1) is 0 Å². The Morgan fingerprint density at radius 2 is 1.42 bits per heavy atom. The van der Waals surface area contributed by atoms with E-state index in [0.717, 1.165) is 0 Å². The summed E-state index contributed by atoms with van der Waals surface area (Å²) < 4.78 is 0. The van der Waals surface area contributed by atoms with E-state index in [1.54, 1.807) is 0 Å². The molecule has 0 bridgehead atoms. The summed E-state index contributed by atoms with van der Waals surface area (Å²) in [5.74, 6) is -1.57. The number of phenols is 1. The van der Waals surface area contributed by atoms with E-state index in [-0.39, 0.29) is 31.2 Å². The molecule has 0 aliphatic rings. The van der Waals surface area contributed by atoms with Crippen LogP contribution in [-0.2, 0) is 9.59 Å². The minimum absolute atomic E-state index is 0.0441. The lowest BCUT2D eigenvalue weighted by molar-refractivity contribution is -0.121. The zero-order valence-electron chi connectivity index (χ0n) is 10.2. The molecule has 0 unspecified atom stereocenters. The number of carbonyl (C=O) groups is 3. The fourth-order valence-electron chi connectivity index (χ4n) is 1.55. The van der Waals surface area contributed by atoms with Crippen molar-refractivity contribution >= 4 is 17.6 Å². The molecule has 0 fully saturated rings. The molecule has 0 radical (unpaired) electrons. The third-order valence-electron chi connectivity index (χ3n) is 2.32. The average molecular weight is 265 g/mol. The molecule has 0 spiro atoms. The molecule has 1 rings (SSSR count). The topological polar surface area (TPSA) is 127 Å². The highest BCUT2D eigenvalue weighted by Crippen LogP contribution is 2.10. The highest BCUT2D eigenvalue weighted by molar-refractivity contribution is 5.98. The maximum Gasteiger partial charge on any atom is 0.231 e. The molecule has 1 aromatic rings. The van der Waals surface area contributed by atoms with E-state index in [2.05, 4.69) is 0 Å². The van der Waals surface area contributed by atoms with Crippen LogP contribution in [-0.4, -0.2) is 47.2 Å². The zero-order valence-corrected chi connectivity index (χ0v) is 10.2. The van der Waals surface area contributed by atoms with Crippen molar-refractivity contribution in [1.29, 1.82) is 0 Å². The average Bonchev–Trinajstić information content (AvgIpc) is 2.27. The van der Waals surface area contributed by atoms with E-state index in [1.807, 2.05) is 0 Å². The van der Waals surface area contributed by atoms with E-state index in [1.165, 1.54) is 29.2 Å². The minimum Gasteiger partial charge on any atom is -0.508 e. The number of Topliss-reactive ketones (excluding diaryl/α,β-unsaturated/α-hetero) is 1. The van der Waals surface area contributed by atoms with Crippen molar-refractivity contribution in [3.8, 4) is 5.75 Å². The van der Waals surface area contributed by atoms with E-state index in [4.69, 9.17) is 16.6 Å². The summed E-state index contributed by atoms with van der Waals surface area (Å²) in [6, 6.07) is 5.65. The Kier molecular flexibility index (Phi) is 5.01. The van der Waals surface area contributed by atoms with Crippen molar-refractivity contribution in [2.45, 2.75) is 0 Å². The fourth-order valence-corrected chi connectivity index (χ4v) is 1.55. The van der Waals surface area contributed by atoms with Crippen molar-refractivity contribution in [2.24, 2.45) is 11.5 Å². The molecule has 1 aromatic carbocycles. The van der Waals surface area contributed by atoms with Crippen LogP contribution in [0.3, 0.4) is 0 Å². The molecule has 5 N–H and O–H groups in total. The van der Waals surface area contributed by atoms with Crippen molar-refractivity contribution in [1.82, 2.24) is 4.90 Å². The molecule has 0 aromatic heterocycles. The number of benzene rings is 1. The van der Waals surface area contributed by atoms with Gasteiger partial charge in [-0.05, 0) is 24.3 Å². The number of amides is 2. The number of nitrogens with two attached hydrogens (primary N) is 2. The Balaban J connectivity index is 2.72. The van der Waals surface area contributed by atoms with Crippen molar-refractivity contribution in [3.63, 3.8) is 0 Å². The Bertz CT molecular complexity index is 468. The summed E-state index contributed by atoms with van der Waals surface area (Å²) in [6.07, 6.45) is 0. The highest BCUT2D eigenvalue weighted by Gasteiger charge is 2.16. The van der Waals surface area contributed by atoms with Crippen LogP contribution in [0, 0.1) is 0 Å². The first-order valence-electron chi connectivity index (χ1n) is 5.49. The second-order valence-electron chi connectivity index (χ2n) is 4.05. The van der Waals surface area contributed by atoms with E-state index < -0.39 is 11.8 Å². The molecule has 0 heterocycles. The molecule has 7 heteroatoms. The largest absolute Gasteiger partial charge is 0.508 e. The first-order valence-corrected chi connectivity index (χ1v) is 5.49. The van der Waals surface area contributed by atoms with Gasteiger partial charge in [-0.3, -0.25) is 19.3 Å². The first-order chi connectivity index (χ1) is 8.88. The number of hydrogen-bond acceptors (Lipinski definition) is 5. The molecule has 102 valence electrons. The van der Waals surface area contributed by atoms with Crippen LogP contribution in [0.4, 0.5) is 0 Å². The Morgan fingerprint density at radius 3 is 1.84 bits per heavy atom. The summed E-state index contributed by atoms with van der Waals surface area (Å²) >= 11 is 0. The Morgan fingerprint density at radius 1 is 0.947 bits per heavy atom. The van der Waals surface area contributed by atoms with Crippen molar-refractivity contribution in [3.05, 3.63) is 29.8 Å². The summed E-state index contributed by atoms with van der Waals surface area (Å²) in [4.78, 5) is 34.8. The number of ketones is 1. The van der Waals surface area contributed by atoms with Gasteiger partial charge in [-0.1, -0.05) is 0 Å². The number of hydrogen-bond donors (Lipinski definition) is 3. The molecule has 0 aliphatic carbocycles. The normalized spacial score (nSPS) is 10.4. The number of aromatic hydroxyl groups is 1. The molecule has 0 saturated carbocycles. The third kappa shape index (κ3) is 5.17. The number of primary amides is 2. The van der Waals surface area contributed by atoms with Crippen molar-refractivity contribution < 1.29 is 19.5 Å². The second kappa shape index (κ2) is 6.50. The molecular formula is C12H15N3O4. The molecule has 0 saturated heterocycles. The standard InChI is InChI=1S/C12H15N3O4/c13-11(18)6-15(7-12(14)19)5-10(17)8-1-3-9(16)4-2-8/h1-4,16H,5-7H2,(H2,13,18)(H2,14,19). The van der Waals surface area contributed by atoms with Gasteiger partial charge in [-0.2, -0.15) is 0 Å². The van der Waals surface area contributed by atoms with E-state index >= 15 is 0 Å². The Hall–Kier alpha value is -2.41. The molecule has 19 heavy (non-hydrogen) atoms. The maximum absolute atomic E-state index is 11.9. The smallest absolute Gasteiger partial charge is 0.231 e. The van der Waals surface area contributed by atoms with Gasteiger partial charge in [0.15, 0.2) is 5.78 Å². The summed E-state index contributed by atoms with van der Waals surface area (Å²) in [6.45, 7) is -0.615. The molecule has 0 atom stereocenters. The van der Waals surface area contributed by atoms with Crippen LogP contribution < -0.4 is 11.5 Å². The van der Waals surface area contributed by atoms with Gasteiger partial charge in [0, 0.05) is 5.56 Å². The minimum atomic E-state index is -0.653. The molecule has 7 nitrogen and oxygen atoms in total. The monoisotopic (exact) mass is 265 g/mol. The second-order valence-corrected chi connectivity index (χ2v) is 4.05. The first kappa shape index (κ1) is 14.7. The number of nitrogens with zero attached hydrogens (tertiary/aromatic N) is 1. The van der Waals surface area contributed by atoms with Crippen LogP contribution in [0.1, 0.15) is 10.4 Å². The van der Waals surface area contributed by atoms with Crippen LogP contribution in [0.15, 0.2) is 24.3 Å². The SMILES string of the molecule is NC(=O)CN(CC(N)=O)CC(=O)c1ccc(O)cc1. The van der Waals surface area contributed by atoms with Crippen LogP contribution in [0.5, 0.6) is 5.75 Å². The van der Waals surface area contributed by atoms with Crippen LogP contribution in [0.2, 0.25) is 0 Å².